The molecule has 0 fully saturated rings. The van der Waals surface area contributed by atoms with Crippen molar-refractivity contribution in [3.05, 3.63) is 32.3 Å². The monoisotopic (exact) mass is 237 g/mol. The van der Waals surface area contributed by atoms with Crippen LogP contribution in [-0.4, -0.2) is 9.97 Å². The maximum atomic E-state index is 6.15. The van der Waals surface area contributed by atoms with Gasteiger partial charge in [0.2, 0.25) is 4.91 Å². The normalized spacial score (nSPS) is 20.7. The predicted octanol–water partition coefficient (Wildman–Crippen LogP) is 1.94. The van der Waals surface area contributed by atoms with E-state index in [9.17, 15) is 0 Å². The van der Waals surface area contributed by atoms with Crippen molar-refractivity contribution in [3.8, 4) is 0 Å². The lowest BCUT2D eigenvalue weighted by Gasteiger charge is -2.16. The lowest BCUT2D eigenvalue weighted by atomic mass is 9.85. The Balaban J connectivity index is 2.52. The summed E-state index contributed by atoms with van der Waals surface area (Å²) in [6.45, 7) is 4.48. The standard InChI is InChI=1S/C11H10ClN2S/c1-11(2)4-3-6-8(11)7-9(12)13-5-14-10(7)15-6/h3,5H,4H2,1-2H3/q+1. The van der Waals surface area contributed by atoms with Gasteiger partial charge in [-0.3, -0.25) is 0 Å². The molecule has 15 heavy (non-hydrogen) atoms. The Hall–Kier alpha value is -0.800. The molecule has 3 rings (SSSR count). The minimum Gasteiger partial charge on any atom is -0.224 e. The zero-order chi connectivity index (χ0) is 10.6. The zero-order valence-corrected chi connectivity index (χ0v) is 10.1. The van der Waals surface area contributed by atoms with Crippen LogP contribution in [0.4, 0.5) is 0 Å². The number of hydrogen-bond donors (Lipinski definition) is 0. The molecular formula is C11H10ClN2S+. The molecular weight excluding hydrogens is 228 g/mol. The van der Waals surface area contributed by atoms with Gasteiger partial charge in [0.15, 0.2) is 0 Å². The molecule has 76 valence electrons. The third kappa shape index (κ3) is 1.20. The minimum atomic E-state index is 0.169. The lowest BCUT2D eigenvalue weighted by Crippen LogP contribution is -2.18. The second-order valence-electron chi connectivity index (χ2n) is 4.48. The summed E-state index contributed by atoms with van der Waals surface area (Å²) in [6, 6.07) is 0. The molecule has 1 aromatic heterocycles. The van der Waals surface area contributed by atoms with Crippen LogP contribution in [0.15, 0.2) is 17.3 Å². The minimum absolute atomic E-state index is 0.169. The summed E-state index contributed by atoms with van der Waals surface area (Å²) in [5, 5.41) is 1.64. The van der Waals surface area contributed by atoms with E-state index in [1.165, 1.54) is 16.8 Å². The van der Waals surface area contributed by atoms with Crippen molar-refractivity contribution in [2.75, 3.05) is 0 Å². The van der Waals surface area contributed by atoms with Gasteiger partial charge in [-0.05, 0) is 17.9 Å². The molecule has 0 atom stereocenters. The van der Waals surface area contributed by atoms with Crippen molar-refractivity contribution in [3.63, 3.8) is 0 Å². The van der Waals surface area contributed by atoms with Gasteiger partial charge in [0.1, 0.15) is 16.7 Å². The Labute approximate surface area is 96.7 Å². The molecule has 0 saturated heterocycles. The van der Waals surface area contributed by atoms with Gasteiger partial charge in [-0.2, -0.15) is 4.98 Å². The average Bonchev–Trinajstić information content (AvgIpc) is 2.66. The summed E-state index contributed by atoms with van der Waals surface area (Å²) in [4.78, 5) is 9.66. The fourth-order valence-corrected chi connectivity index (χ4v) is 3.72. The Morgan fingerprint density at radius 3 is 3.00 bits per heavy atom. The van der Waals surface area contributed by atoms with E-state index >= 15 is 0 Å². The van der Waals surface area contributed by atoms with Crippen LogP contribution in [0.3, 0.4) is 0 Å². The molecule has 2 heterocycles. The molecule has 0 amide bonds. The summed E-state index contributed by atoms with van der Waals surface area (Å²) in [6.07, 6.45) is 4.89. The second-order valence-corrected chi connectivity index (χ2v) is 5.87. The molecule has 0 N–H and O–H groups in total. The number of rotatable bonds is 0. The van der Waals surface area contributed by atoms with Gasteiger partial charge in [0.05, 0.1) is 0 Å². The summed E-state index contributed by atoms with van der Waals surface area (Å²) >= 11 is 7.86. The van der Waals surface area contributed by atoms with E-state index in [0.717, 1.165) is 16.3 Å². The smallest absolute Gasteiger partial charge is 0.224 e. The lowest BCUT2D eigenvalue weighted by molar-refractivity contribution is 0.525. The summed E-state index contributed by atoms with van der Waals surface area (Å²) in [5.74, 6) is 0. The molecule has 1 aromatic rings. The van der Waals surface area contributed by atoms with Crippen LogP contribution in [-0.2, 0) is 11.4 Å². The molecule has 4 heteroatoms. The largest absolute Gasteiger partial charge is 0.336 e. The first-order chi connectivity index (χ1) is 7.09. The number of allylic oxidation sites excluding steroid dienone is 2. The van der Waals surface area contributed by atoms with E-state index in [4.69, 9.17) is 11.6 Å². The van der Waals surface area contributed by atoms with Gasteiger partial charge < -0.3 is 0 Å². The van der Waals surface area contributed by atoms with E-state index in [1.54, 1.807) is 11.4 Å². The molecule has 1 aliphatic heterocycles. The van der Waals surface area contributed by atoms with Crippen LogP contribution in [0.1, 0.15) is 20.3 Å². The molecule has 0 unspecified atom stereocenters. The number of hydrogen-bond acceptors (Lipinski definition) is 2. The molecule has 0 spiro atoms. The van der Waals surface area contributed by atoms with Crippen LogP contribution in [0, 0.1) is 10.1 Å². The average molecular weight is 238 g/mol. The maximum absolute atomic E-state index is 6.15. The quantitative estimate of drug-likeness (QED) is 0.392. The van der Waals surface area contributed by atoms with Crippen LogP contribution < -0.4 is 5.22 Å². The summed E-state index contributed by atoms with van der Waals surface area (Å²) in [5.41, 5.74) is 1.50. The van der Waals surface area contributed by atoms with E-state index in [1.807, 2.05) is 0 Å². The van der Waals surface area contributed by atoms with E-state index in [-0.39, 0.29) is 5.41 Å². The van der Waals surface area contributed by atoms with Crippen molar-refractivity contribution >= 4 is 28.5 Å². The Bertz CT molecular complexity index is 602. The van der Waals surface area contributed by atoms with Crippen LogP contribution >= 0.6 is 11.6 Å². The van der Waals surface area contributed by atoms with Gasteiger partial charge in [-0.15, -0.1) is 0 Å². The molecule has 2 aliphatic rings. The van der Waals surface area contributed by atoms with Crippen molar-refractivity contribution in [2.45, 2.75) is 20.3 Å². The zero-order valence-electron chi connectivity index (χ0n) is 8.54. The van der Waals surface area contributed by atoms with Crippen LogP contribution in [0.2, 0.25) is 5.15 Å². The van der Waals surface area contributed by atoms with E-state index < -0.39 is 0 Å². The first-order valence-electron chi connectivity index (χ1n) is 4.86. The topological polar surface area (TPSA) is 25.8 Å². The van der Waals surface area contributed by atoms with Crippen molar-refractivity contribution < 1.29 is 0 Å². The van der Waals surface area contributed by atoms with Gasteiger partial charge in [0.25, 0.3) is 11.4 Å². The molecule has 0 saturated carbocycles. The Morgan fingerprint density at radius 1 is 1.40 bits per heavy atom. The highest BCUT2D eigenvalue weighted by Crippen LogP contribution is 2.43. The number of halogens is 1. The Kier molecular flexibility index (Phi) is 1.80. The van der Waals surface area contributed by atoms with Crippen molar-refractivity contribution in [1.82, 2.24) is 9.97 Å². The SMILES string of the molecule is CC1(C)CC=C2[S+]=c3ncnc(Cl)c3=C21. The molecule has 0 aromatic carbocycles. The number of nitrogens with zero attached hydrogens (tertiary/aromatic N) is 2. The highest BCUT2D eigenvalue weighted by molar-refractivity contribution is 7.75. The summed E-state index contributed by atoms with van der Waals surface area (Å²) in [7, 11) is 0. The molecule has 2 nitrogen and oxygen atoms in total. The van der Waals surface area contributed by atoms with Gasteiger partial charge in [0, 0.05) is 5.57 Å². The van der Waals surface area contributed by atoms with Crippen LogP contribution in [0.5, 0.6) is 0 Å². The third-order valence-corrected chi connectivity index (χ3v) is 4.32. The fraction of sp³-hybridized carbons (Fsp3) is 0.364. The molecule has 1 aliphatic carbocycles. The van der Waals surface area contributed by atoms with Gasteiger partial charge >= 0.3 is 4.64 Å². The first-order valence-corrected chi connectivity index (χ1v) is 6.06. The van der Waals surface area contributed by atoms with Gasteiger partial charge in [-0.1, -0.05) is 25.4 Å². The third-order valence-electron chi connectivity index (χ3n) is 2.94. The highest BCUT2D eigenvalue weighted by atomic mass is 35.5. The van der Waals surface area contributed by atoms with E-state index in [0.29, 0.717) is 5.15 Å². The van der Waals surface area contributed by atoms with E-state index in [2.05, 4.69) is 29.9 Å². The molecule has 0 bridgehead atoms. The first kappa shape index (κ1) is 9.43. The van der Waals surface area contributed by atoms with Crippen LogP contribution in [0.25, 0.3) is 5.57 Å². The van der Waals surface area contributed by atoms with Crippen molar-refractivity contribution in [1.29, 1.82) is 0 Å². The maximum Gasteiger partial charge on any atom is 0.336 e. The Morgan fingerprint density at radius 2 is 2.20 bits per heavy atom. The number of fused-ring (bicyclic) bond motifs is 2. The highest BCUT2D eigenvalue weighted by Gasteiger charge is 2.41. The molecule has 0 radical (unpaired) electrons. The number of aromatic nitrogens is 2. The van der Waals surface area contributed by atoms with Gasteiger partial charge in [-0.25, -0.2) is 4.98 Å². The fourth-order valence-electron chi connectivity index (χ4n) is 2.18. The summed E-state index contributed by atoms with van der Waals surface area (Å²) < 4.78 is 1.00. The predicted molar refractivity (Wildman–Crippen MR) is 62.8 cm³/mol. The second kappa shape index (κ2) is 2.86. The van der Waals surface area contributed by atoms with Crippen molar-refractivity contribution in [2.24, 2.45) is 5.41 Å².